The van der Waals surface area contributed by atoms with Crippen LogP contribution >= 0.6 is 11.6 Å². The Bertz CT molecular complexity index is 336. The summed E-state index contributed by atoms with van der Waals surface area (Å²) in [5, 5.41) is 0. The Hall–Kier alpha value is -0.760. The molecule has 0 aliphatic heterocycles. The van der Waals surface area contributed by atoms with Crippen molar-refractivity contribution >= 4 is 17.4 Å². The van der Waals surface area contributed by atoms with Crippen LogP contribution < -0.4 is 4.90 Å². The van der Waals surface area contributed by atoms with Crippen molar-refractivity contribution in [1.29, 1.82) is 0 Å². The number of unbranched alkanes of at least 4 members (excludes halogenated alkanes) is 1. The van der Waals surface area contributed by atoms with Crippen molar-refractivity contribution in [2.75, 3.05) is 11.4 Å². The monoisotopic (exact) mass is 238 g/mol. The zero-order chi connectivity index (χ0) is 11.4. The Balaban J connectivity index is 2.10. The van der Waals surface area contributed by atoms with Crippen molar-refractivity contribution < 1.29 is 0 Å². The zero-order valence-electron chi connectivity index (χ0n) is 9.82. The number of halogens is 1. The largest absolute Gasteiger partial charge is 0.354 e. The Morgan fingerprint density at radius 3 is 2.88 bits per heavy atom. The summed E-state index contributed by atoms with van der Waals surface area (Å²) in [6, 6.07) is 6.87. The van der Waals surface area contributed by atoms with Crippen molar-refractivity contribution in [1.82, 2.24) is 4.98 Å². The van der Waals surface area contributed by atoms with Gasteiger partial charge in [0.05, 0.1) is 11.6 Å². The molecule has 1 aromatic rings. The molecule has 0 atom stereocenters. The van der Waals surface area contributed by atoms with Crippen LogP contribution in [0.2, 0.25) is 0 Å². The van der Waals surface area contributed by atoms with E-state index in [9.17, 15) is 0 Å². The van der Waals surface area contributed by atoms with Crippen LogP contribution in [0.1, 0.15) is 38.3 Å². The summed E-state index contributed by atoms with van der Waals surface area (Å²) in [5.74, 6) is 1.61. The molecule has 1 fully saturated rings. The van der Waals surface area contributed by atoms with Crippen LogP contribution in [0.5, 0.6) is 0 Å². The van der Waals surface area contributed by atoms with Crippen LogP contribution in [-0.2, 0) is 5.88 Å². The summed E-state index contributed by atoms with van der Waals surface area (Å²) in [5.41, 5.74) is 0.973. The van der Waals surface area contributed by atoms with Gasteiger partial charge in [0.25, 0.3) is 0 Å². The van der Waals surface area contributed by atoms with E-state index in [-0.39, 0.29) is 0 Å². The Kier molecular flexibility index (Phi) is 4.05. The van der Waals surface area contributed by atoms with Crippen LogP contribution in [0, 0.1) is 0 Å². The van der Waals surface area contributed by atoms with Crippen molar-refractivity contribution in [3.05, 3.63) is 23.9 Å². The second-order valence-electron chi connectivity index (χ2n) is 4.40. The number of hydrogen-bond acceptors (Lipinski definition) is 2. The molecule has 0 radical (unpaired) electrons. The van der Waals surface area contributed by atoms with E-state index < -0.39 is 0 Å². The smallest absolute Gasteiger partial charge is 0.129 e. The molecule has 0 saturated heterocycles. The van der Waals surface area contributed by atoms with Gasteiger partial charge in [-0.05, 0) is 31.4 Å². The van der Waals surface area contributed by atoms with Gasteiger partial charge in [0, 0.05) is 12.6 Å². The average molecular weight is 239 g/mol. The fraction of sp³-hybridized carbons (Fsp3) is 0.615. The molecule has 1 heterocycles. The second kappa shape index (κ2) is 5.53. The molecule has 0 bridgehead atoms. The Labute approximate surface area is 103 Å². The lowest BCUT2D eigenvalue weighted by molar-refractivity contribution is 0.703. The van der Waals surface area contributed by atoms with Crippen LogP contribution in [-0.4, -0.2) is 17.6 Å². The number of nitrogens with zero attached hydrogens (tertiary/aromatic N) is 2. The maximum Gasteiger partial charge on any atom is 0.129 e. The van der Waals surface area contributed by atoms with E-state index in [0.717, 1.165) is 24.1 Å². The van der Waals surface area contributed by atoms with Crippen LogP contribution in [0.25, 0.3) is 0 Å². The first-order valence-corrected chi connectivity index (χ1v) is 6.67. The topological polar surface area (TPSA) is 16.1 Å². The molecule has 0 amide bonds. The van der Waals surface area contributed by atoms with E-state index in [4.69, 9.17) is 11.6 Å². The number of alkyl halides is 1. The van der Waals surface area contributed by atoms with Gasteiger partial charge in [0.1, 0.15) is 5.82 Å². The highest BCUT2D eigenvalue weighted by atomic mass is 35.5. The maximum atomic E-state index is 5.82. The Morgan fingerprint density at radius 1 is 1.44 bits per heavy atom. The third-order valence-corrected chi connectivity index (χ3v) is 3.24. The lowest BCUT2D eigenvalue weighted by atomic mass is 10.3. The minimum absolute atomic E-state index is 0.500. The molecule has 0 aromatic carbocycles. The van der Waals surface area contributed by atoms with Gasteiger partial charge in [-0.2, -0.15) is 0 Å². The van der Waals surface area contributed by atoms with Gasteiger partial charge >= 0.3 is 0 Å². The maximum absolute atomic E-state index is 5.82. The standard InChI is InChI=1S/C13H19ClN2/c1-2-3-9-16(12-7-8-12)13-6-4-5-11(10-14)15-13/h4-6,12H,2-3,7-10H2,1H3. The fourth-order valence-electron chi connectivity index (χ4n) is 1.90. The number of hydrogen-bond donors (Lipinski definition) is 0. The second-order valence-corrected chi connectivity index (χ2v) is 4.67. The van der Waals surface area contributed by atoms with Gasteiger partial charge in [-0.15, -0.1) is 11.6 Å². The molecular weight excluding hydrogens is 220 g/mol. The molecule has 3 heteroatoms. The normalized spacial score (nSPS) is 15.1. The molecule has 1 aromatic heterocycles. The summed E-state index contributed by atoms with van der Waals surface area (Å²) < 4.78 is 0. The van der Waals surface area contributed by atoms with E-state index in [1.54, 1.807) is 0 Å². The average Bonchev–Trinajstić information content (AvgIpc) is 3.14. The first-order valence-electron chi connectivity index (χ1n) is 6.13. The Morgan fingerprint density at radius 2 is 2.25 bits per heavy atom. The number of anilines is 1. The number of pyridine rings is 1. The molecule has 1 aliphatic carbocycles. The minimum Gasteiger partial charge on any atom is -0.354 e. The summed E-state index contributed by atoms with van der Waals surface area (Å²) in [6.07, 6.45) is 5.11. The summed E-state index contributed by atoms with van der Waals surface area (Å²) in [6.45, 7) is 3.35. The first-order chi connectivity index (χ1) is 7.85. The molecule has 0 N–H and O–H groups in total. The van der Waals surface area contributed by atoms with Gasteiger partial charge in [-0.1, -0.05) is 19.4 Å². The highest BCUT2D eigenvalue weighted by molar-refractivity contribution is 6.16. The van der Waals surface area contributed by atoms with Gasteiger partial charge in [0.2, 0.25) is 0 Å². The fourth-order valence-corrected chi connectivity index (χ4v) is 2.05. The number of rotatable bonds is 6. The summed E-state index contributed by atoms with van der Waals surface area (Å²) >= 11 is 5.82. The van der Waals surface area contributed by atoms with Crippen LogP contribution in [0.4, 0.5) is 5.82 Å². The minimum atomic E-state index is 0.500. The molecule has 2 nitrogen and oxygen atoms in total. The highest BCUT2D eigenvalue weighted by Crippen LogP contribution is 2.31. The van der Waals surface area contributed by atoms with Gasteiger partial charge in [-0.3, -0.25) is 0 Å². The lowest BCUT2D eigenvalue weighted by Gasteiger charge is -2.23. The zero-order valence-corrected chi connectivity index (χ0v) is 10.6. The quantitative estimate of drug-likeness (QED) is 0.705. The van der Waals surface area contributed by atoms with Crippen molar-refractivity contribution in [3.63, 3.8) is 0 Å². The third kappa shape index (κ3) is 2.88. The summed E-state index contributed by atoms with van der Waals surface area (Å²) in [4.78, 5) is 7.04. The van der Waals surface area contributed by atoms with E-state index in [0.29, 0.717) is 5.88 Å². The SMILES string of the molecule is CCCCN(c1cccc(CCl)n1)C1CC1. The van der Waals surface area contributed by atoms with E-state index in [1.807, 2.05) is 6.07 Å². The van der Waals surface area contributed by atoms with E-state index in [1.165, 1.54) is 25.7 Å². The predicted octanol–water partition coefficient (Wildman–Crippen LogP) is 3.59. The van der Waals surface area contributed by atoms with Crippen molar-refractivity contribution in [2.24, 2.45) is 0 Å². The molecule has 0 unspecified atom stereocenters. The highest BCUT2D eigenvalue weighted by Gasteiger charge is 2.29. The van der Waals surface area contributed by atoms with E-state index >= 15 is 0 Å². The van der Waals surface area contributed by atoms with E-state index in [2.05, 4.69) is 28.9 Å². The van der Waals surface area contributed by atoms with Crippen LogP contribution in [0.15, 0.2) is 18.2 Å². The molecule has 16 heavy (non-hydrogen) atoms. The lowest BCUT2D eigenvalue weighted by Crippen LogP contribution is -2.27. The molecule has 2 rings (SSSR count). The van der Waals surface area contributed by atoms with Crippen molar-refractivity contribution in [3.8, 4) is 0 Å². The molecule has 1 saturated carbocycles. The van der Waals surface area contributed by atoms with Crippen LogP contribution in [0.3, 0.4) is 0 Å². The number of aromatic nitrogens is 1. The molecular formula is C13H19ClN2. The third-order valence-electron chi connectivity index (χ3n) is 2.96. The predicted molar refractivity (Wildman–Crippen MR) is 69.1 cm³/mol. The van der Waals surface area contributed by atoms with Gasteiger partial charge in [-0.25, -0.2) is 4.98 Å². The molecule has 0 spiro atoms. The van der Waals surface area contributed by atoms with Crippen molar-refractivity contribution in [2.45, 2.75) is 44.5 Å². The van der Waals surface area contributed by atoms with Gasteiger partial charge in [0.15, 0.2) is 0 Å². The first kappa shape index (κ1) is 11.7. The van der Waals surface area contributed by atoms with Gasteiger partial charge < -0.3 is 4.90 Å². The summed E-state index contributed by atoms with van der Waals surface area (Å²) in [7, 11) is 0. The molecule has 1 aliphatic rings. The molecule has 88 valence electrons.